The average molecular weight is 447 g/mol. The number of carboxylic acids is 1. The Morgan fingerprint density at radius 1 is 0.970 bits per heavy atom. The molecule has 2 aromatic rings. The predicted octanol–water partition coefficient (Wildman–Crippen LogP) is 3.59. The van der Waals surface area contributed by atoms with Crippen molar-refractivity contribution < 1.29 is 24.2 Å². The number of aliphatic carboxylic acids is 1. The van der Waals surface area contributed by atoms with Crippen LogP contribution in [0.3, 0.4) is 0 Å². The molecule has 0 bridgehead atoms. The molecule has 5 rings (SSSR count). The SMILES string of the molecule is O=C(CC1(NC(=O)OCC2c3ccccc3-c3ccccc32)CC1)NC1C=CC(C(=O)O)C1. The standard InChI is InChI=1S/C26H26N2O5/c29-23(27-17-10-9-16(13-17)24(30)31)14-26(11-12-26)28-25(32)33-15-22-20-7-3-1-5-18(20)19-6-2-4-8-21(19)22/h1-10,16-17,22H,11-15H2,(H,27,29)(H,28,32)(H,30,31). The molecule has 7 heteroatoms. The molecule has 0 radical (unpaired) electrons. The van der Waals surface area contributed by atoms with Crippen LogP contribution in [0.25, 0.3) is 11.1 Å². The van der Waals surface area contributed by atoms with Crippen LogP contribution in [-0.2, 0) is 14.3 Å². The first-order valence-corrected chi connectivity index (χ1v) is 11.3. The van der Waals surface area contributed by atoms with Crippen molar-refractivity contribution in [1.29, 1.82) is 0 Å². The van der Waals surface area contributed by atoms with Gasteiger partial charge in [0.1, 0.15) is 6.61 Å². The molecule has 0 aliphatic heterocycles. The summed E-state index contributed by atoms with van der Waals surface area (Å²) in [7, 11) is 0. The second-order valence-electron chi connectivity index (χ2n) is 9.15. The number of alkyl carbamates (subject to hydrolysis) is 1. The van der Waals surface area contributed by atoms with Gasteiger partial charge in [-0.25, -0.2) is 4.79 Å². The zero-order valence-corrected chi connectivity index (χ0v) is 18.1. The first-order chi connectivity index (χ1) is 15.9. The summed E-state index contributed by atoms with van der Waals surface area (Å²) in [6.07, 6.45) is 4.73. The number of ether oxygens (including phenoxy) is 1. The van der Waals surface area contributed by atoms with Crippen molar-refractivity contribution in [2.75, 3.05) is 6.61 Å². The van der Waals surface area contributed by atoms with Crippen LogP contribution in [0.15, 0.2) is 60.7 Å². The molecule has 2 atom stereocenters. The minimum atomic E-state index is -0.890. The van der Waals surface area contributed by atoms with Crippen molar-refractivity contribution in [3.63, 3.8) is 0 Å². The van der Waals surface area contributed by atoms with Gasteiger partial charge < -0.3 is 20.5 Å². The molecule has 3 aliphatic carbocycles. The number of nitrogens with one attached hydrogen (secondary N) is 2. The lowest BCUT2D eigenvalue weighted by atomic mass is 9.98. The van der Waals surface area contributed by atoms with E-state index in [1.54, 1.807) is 12.2 Å². The Hall–Kier alpha value is -3.61. The van der Waals surface area contributed by atoms with Gasteiger partial charge in [0.25, 0.3) is 0 Å². The summed E-state index contributed by atoms with van der Waals surface area (Å²) in [4.78, 5) is 36.1. The largest absolute Gasteiger partial charge is 0.481 e. The number of hydrogen-bond donors (Lipinski definition) is 3. The van der Waals surface area contributed by atoms with Crippen molar-refractivity contribution in [1.82, 2.24) is 10.6 Å². The summed E-state index contributed by atoms with van der Waals surface area (Å²) < 4.78 is 5.61. The van der Waals surface area contributed by atoms with E-state index >= 15 is 0 Å². The highest BCUT2D eigenvalue weighted by Crippen LogP contribution is 2.44. The summed E-state index contributed by atoms with van der Waals surface area (Å²) >= 11 is 0. The summed E-state index contributed by atoms with van der Waals surface area (Å²) in [5, 5.41) is 14.8. The molecular formula is C26H26N2O5. The van der Waals surface area contributed by atoms with Crippen LogP contribution in [0.5, 0.6) is 0 Å². The number of carbonyl (C=O) groups excluding carboxylic acids is 2. The monoisotopic (exact) mass is 446 g/mol. The number of benzene rings is 2. The topological polar surface area (TPSA) is 105 Å². The fourth-order valence-electron chi connectivity index (χ4n) is 4.90. The quantitative estimate of drug-likeness (QED) is 0.564. The Balaban J connectivity index is 1.15. The highest BCUT2D eigenvalue weighted by Gasteiger charge is 2.46. The van der Waals surface area contributed by atoms with Gasteiger partial charge in [0, 0.05) is 18.4 Å². The van der Waals surface area contributed by atoms with Crippen LogP contribution >= 0.6 is 0 Å². The average Bonchev–Trinajstić information content (AvgIpc) is 3.24. The Morgan fingerprint density at radius 3 is 2.18 bits per heavy atom. The summed E-state index contributed by atoms with van der Waals surface area (Å²) in [6.45, 7) is 0.228. The van der Waals surface area contributed by atoms with Crippen LogP contribution in [0.1, 0.15) is 42.7 Å². The van der Waals surface area contributed by atoms with Gasteiger partial charge in [-0.05, 0) is 41.5 Å². The molecule has 3 N–H and O–H groups in total. The molecular weight excluding hydrogens is 420 g/mol. The van der Waals surface area contributed by atoms with E-state index in [2.05, 4.69) is 34.9 Å². The summed E-state index contributed by atoms with van der Waals surface area (Å²) in [6, 6.07) is 16.0. The van der Waals surface area contributed by atoms with Gasteiger partial charge in [-0.1, -0.05) is 60.7 Å². The summed E-state index contributed by atoms with van der Waals surface area (Å²) in [5.41, 5.74) is 4.06. The van der Waals surface area contributed by atoms with Crippen molar-refractivity contribution >= 4 is 18.0 Å². The molecule has 0 saturated heterocycles. The first-order valence-electron chi connectivity index (χ1n) is 11.3. The third-order valence-electron chi connectivity index (χ3n) is 6.81. The van der Waals surface area contributed by atoms with Gasteiger partial charge in [-0.2, -0.15) is 0 Å². The minimum Gasteiger partial charge on any atom is -0.481 e. The van der Waals surface area contributed by atoms with Gasteiger partial charge in [-0.3, -0.25) is 9.59 Å². The predicted molar refractivity (Wildman–Crippen MR) is 122 cm³/mol. The first kappa shape index (κ1) is 21.2. The molecule has 3 aliphatic rings. The van der Waals surface area contributed by atoms with E-state index in [1.807, 2.05) is 24.3 Å². The Kier molecular flexibility index (Phi) is 5.40. The normalized spacial score (nSPS) is 21.7. The number of amides is 2. The second kappa shape index (κ2) is 8.39. The number of hydrogen-bond acceptors (Lipinski definition) is 4. The zero-order valence-electron chi connectivity index (χ0n) is 18.1. The highest BCUT2D eigenvalue weighted by atomic mass is 16.5. The van der Waals surface area contributed by atoms with E-state index in [-0.39, 0.29) is 30.9 Å². The van der Waals surface area contributed by atoms with Crippen molar-refractivity contribution in [2.24, 2.45) is 5.92 Å². The van der Waals surface area contributed by atoms with Crippen molar-refractivity contribution in [3.8, 4) is 11.1 Å². The molecule has 2 aromatic carbocycles. The molecule has 33 heavy (non-hydrogen) atoms. The van der Waals surface area contributed by atoms with Gasteiger partial charge in [-0.15, -0.1) is 0 Å². The third kappa shape index (κ3) is 4.35. The lowest BCUT2D eigenvalue weighted by Gasteiger charge is -2.20. The fraction of sp³-hybridized carbons (Fsp3) is 0.346. The van der Waals surface area contributed by atoms with E-state index < -0.39 is 23.5 Å². The molecule has 0 heterocycles. The van der Waals surface area contributed by atoms with Crippen LogP contribution in [0.2, 0.25) is 0 Å². The second-order valence-corrected chi connectivity index (χ2v) is 9.15. The maximum absolute atomic E-state index is 12.6. The molecule has 2 unspecified atom stereocenters. The lowest BCUT2D eigenvalue weighted by Crippen LogP contribution is -2.43. The van der Waals surface area contributed by atoms with Crippen LogP contribution in [-0.4, -0.2) is 41.3 Å². The molecule has 2 amide bonds. The van der Waals surface area contributed by atoms with Crippen molar-refractivity contribution in [2.45, 2.75) is 43.2 Å². The van der Waals surface area contributed by atoms with Gasteiger partial charge in [0.2, 0.25) is 5.91 Å². The maximum Gasteiger partial charge on any atom is 0.407 e. The fourth-order valence-corrected chi connectivity index (χ4v) is 4.90. The molecule has 170 valence electrons. The smallest absolute Gasteiger partial charge is 0.407 e. The number of fused-ring (bicyclic) bond motifs is 3. The number of carboxylic acid groups (broad SMARTS) is 1. The van der Waals surface area contributed by atoms with Crippen LogP contribution in [0, 0.1) is 5.92 Å². The van der Waals surface area contributed by atoms with E-state index in [1.165, 1.54) is 11.1 Å². The van der Waals surface area contributed by atoms with E-state index in [0.717, 1.165) is 11.1 Å². The van der Waals surface area contributed by atoms with E-state index in [9.17, 15) is 14.4 Å². The minimum absolute atomic E-state index is 0.0158. The van der Waals surface area contributed by atoms with Crippen molar-refractivity contribution in [3.05, 3.63) is 71.8 Å². The number of rotatable bonds is 7. The van der Waals surface area contributed by atoms with E-state index in [0.29, 0.717) is 19.3 Å². The highest BCUT2D eigenvalue weighted by molar-refractivity contribution is 5.81. The maximum atomic E-state index is 12.6. The summed E-state index contributed by atoms with van der Waals surface area (Å²) in [5.74, 6) is -1.67. The van der Waals surface area contributed by atoms with Crippen LogP contribution < -0.4 is 10.6 Å². The van der Waals surface area contributed by atoms with Gasteiger partial charge >= 0.3 is 12.1 Å². The molecule has 0 spiro atoms. The van der Waals surface area contributed by atoms with Gasteiger partial charge in [0.15, 0.2) is 0 Å². The Labute approximate surface area is 191 Å². The molecule has 1 fully saturated rings. The Bertz CT molecular complexity index is 1090. The third-order valence-corrected chi connectivity index (χ3v) is 6.81. The number of carbonyl (C=O) groups is 3. The van der Waals surface area contributed by atoms with Crippen LogP contribution in [0.4, 0.5) is 4.79 Å². The molecule has 0 aromatic heterocycles. The van der Waals surface area contributed by atoms with E-state index in [4.69, 9.17) is 9.84 Å². The molecule has 7 nitrogen and oxygen atoms in total. The van der Waals surface area contributed by atoms with Gasteiger partial charge in [0.05, 0.1) is 11.5 Å². The lowest BCUT2D eigenvalue weighted by molar-refractivity contribution is -0.140. The molecule has 1 saturated carbocycles. The zero-order chi connectivity index (χ0) is 23.0. The Morgan fingerprint density at radius 2 is 1.61 bits per heavy atom.